The molecule has 3 N–H and O–H groups in total. The molecule has 1 unspecified atom stereocenters. The molecule has 2 aromatic rings. The Hall–Kier alpha value is -1.92. The van der Waals surface area contributed by atoms with Crippen LogP contribution >= 0.6 is 0 Å². The van der Waals surface area contributed by atoms with Crippen LogP contribution in [0.1, 0.15) is 17.2 Å². The quantitative estimate of drug-likeness (QED) is 0.630. The highest BCUT2D eigenvalue weighted by Crippen LogP contribution is 2.29. The third-order valence-corrected chi connectivity index (χ3v) is 2.73. The summed E-state index contributed by atoms with van der Waals surface area (Å²) in [6.07, 6.45) is 3.49. The Bertz CT molecular complexity index is 541. The summed E-state index contributed by atoms with van der Waals surface area (Å²) in [7, 11) is 3.34. The maximum atomic E-state index is 13.4. The second-order valence-corrected chi connectivity index (χ2v) is 3.93. The number of halogens is 1. The van der Waals surface area contributed by atoms with E-state index >= 15 is 0 Å². The Labute approximate surface area is 104 Å². The minimum atomic E-state index is -0.371. The van der Waals surface area contributed by atoms with Crippen molar-refractivity contribution in [2.24, 2.45) is 12.9 Å². The maximum Gasteiger partial charge on any atom is 0.124 e. The largest absolute Gasteiger partial charge is 0.496 e. The van der Waals surface area contributed by atoms with Gasteiger partial charge in [0.2, 0.25) is 0 Å². The molecule has 6 heteroatoms. The zero-order chi connectivity index (χ0) is 13.1. The van der Waals surface area contributed by atoms with Crippen LogP contribution in [-0.4, -0.2) is 16.9 Å². The number of ether oxygens (including phenoxy) is 1. The minimum absolute atomic E-state index is 0.338. The van der Waals surface area contributed by atoms with E-state index in [4.69, 9.17) is 10.6 Å². The van der Waals surface area contributed by atoms with Crippen molar-refractivity contribution in [2.75, 3.05) is 7.11 Å². The molecule has 0 spiro atoms. The Balaban J connectivity index is 2.47. The van der Waals surface area contributed by atoms with E-state index in [1.807, 2.05) is 6.20 Å². The Kier molecular flexibility index (Phi) is 3.59. The SMILES string of the molecule is COc1ccc(F)cc1C(NN)c1cnn(C)c1. The number of aryl methyl sites for hydroxylation is 1. The predicted octanol–water partition coefficient (Wildman–Crippen LogP) is 1.12. The lowest BCUT2D eigenvalue weighted by Gasteiger charge is -2.17. The monoisotopic (exact) mass is 250 g/mol. The number of rotatable bonds is 4. The zero-order valence-electron chi connectivity index (χ0n) is 10.2. The van der Waals surface area contributed by atoms with Gasteiger partial charge in [0.05, 0.1) is 19.3 Å². The fourth-order valence-corrected chi connectivity index (χ4v) is 1.89. The average Bonchev–Trinajstić information content (AvgIpc) is 2.77. The molecule has 0 aliphatic rings. The van der Waals surface area contributed by atoms with Gasteiger partial charge in [-0.3, -0.25) is 10.5 Å². The maximum absolute atomic E-state index is 13.4. The fraction of sp³-hybridized carbons (Fsp3) is 0.250. The molecule has 0 aliphatic heterocycles. The van der Waals surface area contributed by atoms with Crippen LogP contribution in [0.4, 0.5) is 4.39 Å². The van der Waals surface area contributed by atoms with Gasteiger partial charge in [0.1, 0.15) is 11.6 Å². The predicted molar refractivity (Wildman–Crippen MR) is 65.3 cm³/mol. The van der Waals surface area contributed by atoms with Gasteiger partial charge in [-0.05, 0) is 18.2 Å². The first-order valence-corrected chi connectivity index (χ1v) is 5.44. The smallest absolute Gasteiger partial charge is 0.124 e. The highest BCUT2D eigenvalue weighted by atomic mass is 19.1. The molecular weight excluding hydrogens is 235 g/mol. The first-order valence-electron chi connectivity index (χ1n) is 5.44. The summed E-state index contributed by atoms with van der Waals surface area (Å²) in [5.74, 6) is 5.79. The average molecular weight is 250 g/mol. The molecule has 1 aromatic heterocycles. The van der Waals surface area contributed by atoms with Crippen molar-refractivity contribution in [1.29, 1.82) is 0 Å². The highest BCUT2D eigenvalue weighted by Gasteiger charge is 2.19. The number of methoxy groups -OCH3 is 1. The van der Waals surface area contributed by atoms with E-state index in [1.165, 1.54) is 19.2 Å². The van der Waals surface area contributed by atoms with Crippen molar-refractivity contribution in [1.82, 2.24) is 15.2 Å². The van der Waals surface area contributed by atoms with Crippen molar-refractivity contribution in [3.8, 4) is 5.75 Å². The van der Waals surface area contributed by atoms with E-state index in [0.29, 0.717) is 11.3 Å². The van der Waals surface area contributed by atoms with E-state index < -0.39 is 0 Å². The van der Waals surface area contributed by atoms with Crippen LogP contribution in [-0.2, 0) is 7.05 Å². The summed E-state index contributed by atoms with van der Waals surface area (Å²) in [6, 6.07) is 3.95. The van der Waals surface area contributed by atoms with Gasteiger partial charge in [0.25, 0.3) is 0 Å². The second-order valence-electron chi connectivity index (χ2n) is 3.93. The Morgan fingerprint density at radius 1 is 1.50 bits per heavy atom. The lowest BCUT2D eigenvalue weighted by molar-refractivity contribution is 0.402. The van der Waals surface area contributed by atoms with Gasteiger partial charge in [0, 0.05) is 24.4 Å². The molecule has 5 nitrogen and oxygen atoms in total. The van der Waals surface area contributed by atoms with E-state index in [9.17, 15) is 4.39 Å². The molecule has 0 saturated carbocycles. The molecule has 1 aromatic carbocycles. The summed E-state index contributed by atoms with van der Waals surface area (Å²) in [5.41, 5.74) is 4.12. The number of benzene rings is 1. The molecule has 2 rings (SSSR count). The van der Waals surface area contributed by atoms with E-state index in [-0.39, 0.29) is 11.9 Å². The van der Waals surface area contributed by atoms with Gasteiger partial charge < -0.3 is 4.74 Å². The standard InChI is InChI=1S/C12H15FN4O/c1-17-7-8(6-15-17)12(16-14)10-5-9(13)3-4-11(10)18-2/h3-7,12,16H,14H2,1-2H3. The van der Waals surface area contributed by atoms with Crippen LogP contribution in [0, 0.1) is 5.82 Å². The number of hydrogen-bond donors (Lipinski definition) is 2. The van der Waals surface area contributed by atoms with Crippen LogP contribution in [0.2, 0.25) is 0 Å². The molecule has 96 valence electrons. The van der Waals surface area contributed by atoms with Crippen LogP contribution in [0.15, 0.2) is 30.6 Å². The highest BCUT2D eigenvalue weighted by molar-refractivity contribution is 5.40. The van der Waals surface area contributed by atoms with Gasteiger partial charge in [-0.15, -0.1) is 0 Å². The van der Waals surface area contributed by atoms with Crippen LogP contribution in [0.5, 0.6) is 5.75 Å². The van der Waals surface area contributed by atoms with Crippen molar-refractivity contribution in [2.45, 2.75) is 6.04 Å². The normalized spacial score (nSPS) is 12.4. The molecule has 0 radical (unpaired) electrons. The molecular formula is C12H15FN4O. The van der Waals surface area contributed by atoms with Gasteiger partial charge in [-0.2, -0.15) is 5.10 Å². The topological polar surface area (TPSA) is 65.1 Å². The Morgan fingerprint density at radius 2 is 2.28 bits per heavy atom. The summed E-state index contributed by atoms with van der Waals surface area (Å²) < 4.78 is 20.2. The third kappa shape index (κ3) is 2.34. The number of nitrogens with zero attached hydrogens (tertiary/aromatic N) is 2. The molecule has 0 fully saturated rings. The molecule has 0 bridgehead atoms. The number of hydrogen-bond acceptors (Lipinski definition) is 4. The summed E-state index contributed by atoms with van der Waals surface area (Å²) in [5, 5.41) is 4.08. The minimum Gasteiger partial charge on any atom is -0.496 e. The second kappa shape index (κ2) is 5.16. The third-order valence-electron chi connectivity index (χ3n) is 2.73. The molecule has 0 aliphatic carbocycles. The summed E-state index contributed by atoms with van der Waals surface area (Å²) in [6.45, 7) is 0. The van der Waals surface area contributed by atoms with Gasteiger partial charge >= 0.3 is 0 Å². The molecule has 18 heavy (non-hydrogen) atoms. The number of hydrazine groups is 1. The first kappa shape index (κ1) is 12.5. The van der Waals surface area contributed by atoms with Crippen LogP contribution < -0.4 is 16.0 Å². The fourth-order valence-electron chi connectivity index (χ4n) is 1.89. The summed E-state index contributed by atoms with van der Waals surface area (Å²) >= 11 is 0. The lowest BCUT2D eigenvalue weighted by atomic mass is 10.0. The van der Waals surface area contributed by atoms with Crippen molar-refractivity contribution >= 4 is 0 Å². The molecule has 0 amide bonds. The molecule has 1 heterocycles. The van der Waals surface area contributed by atoms with Crippen molar-refractivity contribution < 1.29 is 9.13 Å². The van der Waals surface area contributed by atoms with Crippen molar-refractivity contribution in [3.05, 3.63) is 47.5 Å². The van der Waals surface area contributed by atoms with E-state index in [1.54, 1.807) is 24.0 Å². The van der Waals surface area contributed by atoms with Gasteiger partial charge in [-0.1, -0.05) is 0 Å². The zero-order valence-corrected chi connectivity index (χ0v) is 10.2. The lowest BCUT2D eigenvalue weighted by Crippen LogP contribution is -2.29. The van der Waals surface area contributed by atoms with Gasteiger partial charge in [-0.25, -0.2) is 9.82 Å². The molecule has 0 saturated heterocycles. The first-order chi connectivity index (χ1) is 8.65. The van der Waals surface area contributed by atoms with E-state index in [2.05, 4.69) is 10.5 Å². The van der Waals surface area contributed by atoms with Gasteiger partial charge in [0.15, 0.2) is 0 Å². The molecule has 1 atom stereocenters. The number of nitrogens with one attached hydrogen (secondary N) is 1. The Morgan fingerprint density at radius 3 is 2.83 bits per heavy atom. The van der Waals surface area contributed by atoms with Crippen LogP contribution in [0.25, 0.3) is 0 Å². The number of aromatic nitrogens is 2. The van der Waals surface area contributed by atoms with Crippen molar-refractivity contribution in [3.63, 3.8) is 0 Å². The number of nitrogens with two attached hydrogens (primary N) is 1. The van der Waals surface area contributed by atoms with E-state index in [0.717, 1.165) is 5.56 Å². The summed E-state index contributed by atoms with van der Waals surface area (Å²) in [4.78, 5) is 0. The van der Waals surface area contributed by atoms with Crippen LogP contribution in [0.3, 0.4) is 0 Å².